The van der Waals surface area contributed by atoms with Crippen LogP contribution >= 0.6 is 0 Å². The first kappa shape index (κ1) is 13.5. The van der Waals surface area contributed by atoms with Crippen molar-refractivity contribution in [3.05, 3.63) is 0 Å². The van der Waals surface area contributed by atoms with Crippen LogP contribution in [0.25, 0.3) is 0 Å². The third-order valence-corrected chi connectivity index (χ3v) is 5.21. The molecule has 0 N–H and O–H groups in total. The summed E-state index contributed by atoms with van der Waals surface area (Å²) in [5, 5.41) is 0. The maximum Gasteiger partial charge on any atom is 0.139 e. The van der Waals surface area contributed by atoms with Crippen molar-refractivity contribution in [2.45, 2.75) is 56.1 Å². The topological polar surface area (TPSA) is 44.8 Å². The molecule has 0 aromatic heterocycles. The van der Waals surface area contributed by atoms with E-state index in [0.717, 1.165) is 38.7 Å². The monoisotopic (exact) mass is 268 g/mol. The predicted octanol–water partition coefficient (Wildman–Crippen LogP) is 2.10. The molecule has 2 unspecified atom stereocenters. The first-order valence-corrected chi connectivity index (χ1v) is 7.47. The maximum atomic E-state index is 12.5. The van der Waals surface area contributed by atoms with E-state index < -0.39 is 0 Å². The summed E-state index contributed by atoms with van der Waals surface area (Å²) in [6.45, 7) is 2.12. The lowest BCUT2D eigenvalue weighted by molar-refractivity contribution is -0.147. The molecular weight excluding hydrogens is 244 g/mol. The fourth-order valence-electron chi connectivity index (χ4n) is 3.65. The lowest BCUT2D eigenvalue weighted by atomic mass is 9.73. The first-order chi connectivity index (χ1) is 9.17. The van der Waals surface area contributed by atoms with Gasteiger partial charge in [-0.3, -0.25) is 4.79 Å². The Balaban J connectivity index is 1.60. The fraction of sp³-hybridized carbons (Fsp3) is 0.933. The van der Waals surface area contributed by atoms with Crippen LogP contribution in [0, 0.1) is 5.92 Å². The summed E-state index contributed by atoms with van der Waals surface area (Å²) in [7, 11) is 1.74. The quantitative estimate of drug-likeness (QED) is 0.783. The minimum atomic E-state index is -0.168. The van der Waals surface area contributed by atoms with Crippen molar-refractivity contribution < 1.29 is 19.0 Å². The number of carbonyl (C=O) groups is 1. The van der Waals surface area contributed by atoms with Crippen LogP contribution in [-0.4, -0.2) is 43.9 Å². The number of carbonyl (C=O) groups excluding carboxylic acids is 1. The van der Waals surface area contributed by atoms with Gasteiger partial charge in [-0.05, 0) is 32.1 Å². The standard InChI is InChI=1S/C15H24O4/c1-17-14(4-2-5-14)10-13(16)12-3-7-19-15(9-12)6-8-18-11-15/h12H,2-11H2,1H3. The van der Waals surface area contributed by atoms with Crippen molar-refractivity contribution in [3.63, 3.8) is 0 Å². The number of ether oxygens (including phenoxy) is 3. The Bertz CT molecular complexity index is 337. The highest BCUT2D eigenvalue weighted by Gasteiger charge is 2.45. The van der Waals surface area contributed by atoms with Gasteiger partial charge in [0, 0.05) is 39.1 Å². The molecule has 0 aromatic rings. The van der Waals surface area contributed by atoms with Gasteiger partial charge < -0.3 is 14.2 Å². The van der Waals surface area contributed by atoms with E-state index in [1.807, 2.05) is 0 Å². The number of Topliss-reactive ketones (excluding diaryl/α,β-unsaturated/α-hetero) is 1. The Labute approximate surface area is 114 Å². The Morgan fingerprint density at radius 1 is 1.32 bits per heavy atom. The molecule has 3 fully saturated rings. The second kappa shape index (κ2) is 5.15. The van der Waals surface area contributed by atoms with E-state index in [9.17, 15) is 4.79 Å². The summed E-state index contributed by atoms with van der Waals surface area (Å²) in [6.07, 6.45) is 6.48. The van der Waals surface area contributed by atoms with Gasteiger partial charge in [0.1, 0.15) is 5.78 Å². The van der Waals surface area contributed by atoms with E-state index in [0.29, 0.717) is 25.4 Å². The molecule has 0 bridgehead atoms. The maximum absolute atomic E-state index is 12.5. The van der Waals surface area contributed by atoms with Crippen molar-refractivity contribution in [2.75, 3.05) is 26.9 Å². The molecule has 2 saturated heterocycles. The molecule has 2 heterocycles. The van der Waals surface area contributed by atoms with E-state index in [2.05, 4.69) is 0 Å². The van der Waals surface area contributed by atoms with Gasteiger partial charge in [-0.2, -0.15) is 0 Å². The number of ketones is 1. The summed E-state index contributed by atoms with van der Waals surface area (Å²) in [6, 6.07) is 0. The van der Waals surface area contributed by atoms with Crippen molar-refractivity contribution in [1.29, 1.82) is 0 Å². The van der Waals surface area contributed by atoms with Gasteiger partial charge in [0.25, 0.3) is 0 Å². The van der Waals surface area contributed by atoms with E-state index in [4.69, 9.17) is 14.2 Å². The zero-order valence-electron chi connectivity index (χ0n) is 11.8. The van der Waals surface area contributed by atoms with Gasteiger partial charge in [0.2, 0.25) is 0 Å². The molecule has 4 heteroatoms. The normalized spacial score (nSPS) is 37.2. The molecule has 1 spiro atoms. The summed E-state index contributed by atoms with van der Waals surface area (Å²) in [5.41, 5.74) is -0.312. The minimum Gasteiger partial charge on any atom is -0.378 e. The molecule has 1 aliphatic carbocycles. The number of rotatable bonds is 4. The lowest BCUT2D eigenvalue weighted by Gasteiger charge is -2.42. The fourth-order valence-corrected chi connectivity index (χ4v) is 3.65. The molecule has 2 atom stereocenters. The SMILES string of the molecule is COC1(CC(=O)C2CCOC3(CCOC3)C2)CCC1. The van der Waals surface area contributed by atoms with Crippen molar-refractivity contribution in [2.24, 2.45) is 5.92 Å². The highest BCUT2D eigenvalue weighted by Crippen LogP contribution is 2.41. The van der Waals surface area contributed by atoms with Crippen LogP contribution in [0.15, 0.2) is 0 Å². The second-order valence-electron chi connectivity index (χ2n) is 6.41. The molecule has 19 heavy (non-hydrogen) atoms. The molecule has 108 valence electrons. The smallest absolute Gasteiger partial charge is 0.139 e. The molecule has 2 aliphatic heterocycles. The van der Waals surface area contributed by atoms with Gasteiger partial charge in [0.05, 0.1) is 17.8 Å². The molecule has 4 nitrogen and oxygen atoms in total. The summed E-state index contributed by atoms with van der Waals surface area (Å²) in [4.78, 5) is 12.5. The lowest BCUT2D eigenvalue weighted by Crippen LogP contribution is -2.46. The number of methoxy groups -OCH3 is 1. The van der Waals surface area contributed by atoms with Gasteiger partial charge >= 0.3 is 0 Å². The molecule has 3 rings (SSSR count). The molecule has 0 amide bonds. The van der Waals surface area contributed by atoms with Crippen LogP contribution in [0.5, 0.6) is 0 Å². The first-order valence-electron chi connectivity index (χ1n) is 7.47. The third-order valence-electron chi connectivity index (χ3n) is 5.21. The van der Waals surface area contributed by atoms with Crippen molar-refractivity contribution >= 4 is 5.78 Å². The highest BCUT2D eigenvalue weighted by atomic mass is 16.6. The van der Waals surface area contributed by atoms with E-state index >= 15 is 0 Å². The highest BCUT2D eigenvalue weighted by molar-refractivity contribution is 5.82. The van der Waals surface area contributed by atoms with E-state index in [-0.39, 0.29) is 17.1 Å². The van der Waals surface area contributed by atoms with Crippen LogP contribution in [-0.2, 0) is 19.0 Å². The number of hydrogen-bond acceptors (Lipinski definition) is 4. The van der Waals surface area contributed by atoms with E-state index in [1.165, 1.54) is 6.42 Å². The van der Waals surface area contributed by atoms with Crippen LogP contribution in [0.2, 0.25) is 0 Å². The number of hydrogen-bond donors (Lipinski definition) is 0. The predicted molar refractivity (Wildman–Crippen MR) is 70.1 cm³/mol. The minimum absolute atomic E-state index is 0.142. The molecule has 1 saturated carbocycles. The molecular formula is C15H24O4. The average molecular weight is 268 g/mol. The molecule has 3 aliphatic rings. The Hall–Kier alpha value is -0.450. The van der Waals surface area contributed by atoms with Gasteiger partial charge in [-0.25, -0.2) is 0 Å². The summed E-state index contributed by atoms with van der Waals surface area (Å²) < 4.78 is 16.9. The van der Waals surface area contributed by atoms with E-state index in [1.54, 1.807) is 7.11 Å². The summed E-state index contributed by atoms with van der Waals surface area (Å²) in [5.74, 6) is 0.513. The van der Waals surface area contributed by atoms with Crippen LogP contribution in [0.3, 0.4) is 0 Å². The average Bonchev–Trinajstić information content (AvgIpc) is 2.81. The Morgan fingerprint density at radius 2 is 2.16 bits per heavy atom. The third kappa shape index (κ3) is 2.58. The largest absolute Gasteiger partial charge is 0.378 e. The van der Waals surface area contributed by atoms with Crippen molar-refractivity contribution in [3.8, 4) is 0 Å². The molecule has 0 aromatic carbocycles. The summed E-state index contributed by atoms with van der Waals surface area (Å²) >= 11 is 0. The second-order valence-corrected chi connectivity index (χ2v) is 6.41. The van der Waals surface area contributed by atoms with Crippen LogP contribution in [0.4, 0.5) is 0 Å². The van der Waals surface area contributed by atoms with Crippen LogP contribution < -0.4 is 0 Å². The van der Waals surface area contributed by atoms with Gasteiger partial charge in [0.15, 0.2) is 0 Å². The zero-order chi connectivity index (χ0) is 13.3. The zero-order valence-corrected chi connectivity index (χ0v) is 11.8. The van der Waals surface area contributed by atoms with Crippen LogP contribution in [0.1, 0.15) is 44.9 Å². The Morgan fingerprint density at radius 3 is 2.74 bits per heavy atom. The Kier molecular flexibility index (Phi) is 3.67. The van der Waals surface area contributed by atoms with Crippen molar-refractivity contribution in [1.82, 2.24) is 0 Å². The molecule has 0 radical (unpaired) electrons. The van der Waals surface area contributed by atoms with Gasteiger partial charge in [-0.1, -0.05) is 0 Å². The van der Waals surface area contributed by atoms with Gasteiger partial charge in [-0.15, -0.1) is 0 Å².